The maximum absolute atomic E-state index is 13.5. The first-order valence-electron chi connectivity index (χ1n) is 5.39. The summed E-state index contributed by atoms with van der Waals surface area (Å²) in [6.45, 7) is 0. The third kappa shape index (κ3) is 2.62. The first-order valence-corrected chi connectivity index (χ1v) is 6.78. The van der Waals surface area contributed by atoms with Crippen LogP contribution in [0.25, 0.3) is 11.0 Å². The lowest BCUT2D eigenvalue weighted by Gasteiger charge is -2.11. The number of thioether (sulfide) groups is 1. The van der Waals surface area contributed by atoms with Crippen LogP contribution in [0.5, 0.6) is 0 Å². The molecule has 17 heavy (non-hydrogen) atoms. The first-order chi connectivity index (χ1) is 8.26. The normalized spacial score (nSPS) is 13.1. The van der Waals surface area contributed by atoms with Crippen molar-refractivity contribution in [2.75, 3.05) is 12.0 Å². The van der Waals surface area contributed by atoms with Crippen molar-refractivity contribution in [3.05, 3.63) is 35.8 Å². The van der Waals surface area contributed by atoms with E-state index in [1.165, 1.54) is 6.07 Å². The van der Waals surface area contributed by atoms with Crippen molar-refractivity contribution >= 4 is 22.7 Å². The lowest BCUT2D eigenvalue weighted by atomic mass is 10.1. The highest BCUT2D eigenvalue weighted by Gasteiger charge is 2.16. The van der Waals surface area contributed by atoms with Gasteiger partial charge >= 0.3 is 0 Å². The van der Waals surface area contributed by atoms with Gasteiger partial charge in [-0.3, -0.25) is 5.84 Å². The van der Waals surface area contributed by atoms with Crippen LogP contribution in [-0.2, 0) is 0 Å². The van der Waals surface area contributed by atoms with E-state index in [0.29, 0.717) is 11.3 Å². The molecule has 3 N–H and O–H groups in total. The first kappa shape index (κ1) is 12.4. The second kappa shape index (κ2) is 5.53. The minimum atomic E-state index is -0.339. The monoisotopic (exact) mass is 254 g/mol. The van der Waals surface area contributed by atoms with E-state index in [-0.39, 0.29) is 11.9 Å². The standard InChI is InChI=1S/C12H15FN2OS/c1-17-6-5-10(15-14)11-7-8-3-2-4-9(13)12(8)16-11/h2-4,7,10,15H,5-6,14H2,1H3. The number of hydrazine groups is 1. The summed E-state index contributed by atoms with van der Waals surface area (Å²) in [5.41, 5.74) is 3.00. The number of nitrogens with one attached hydrogen (secondary N) is 1. The minimum absolute atomic E-state index is 0.0748. The molecule has 1 aromatic carbocycles. The van der Waals surface area contributed by atoms with Crippen LogP contribution in [0.15, 0.2) is 28.7 Å². The molecular formula is C12H15FN2OS. The Balaban J connectivity index is 2.31. The van der Waals surface area contributed by atoms with E-state index in [1.807, 2.05) is 18.4 Å². The Morgan fingerprint density at radius 3 is 3.00 bits per heavy atom. The highest BCUT2D eigenvalue weighted by atomic mass is 32.2. The number of fused-ring (bicyclic) bond motifs is 1. The average molecular weight is 254 g/mol. The predicted molar refractivity (Wildman–Crippen MR) is 69.2 cm³/mol. The smallest absolute Gasteiger partial charge is 0.169 e. The largest absolute Gasteiger partial charge is 0.456 e. The molecular weight excluding hydrogens is 239 g/mol. The van der Waals surface area contributed by atoms with Crippen molar-refractivity contribution in [3.8, 4) is 0 Å². The van der Waals surface area contributed by atoms with Gasteiger partial charge in [0.1, 0.15) is 5.76 Å². The summed E-state index contributed by atoms with van der Waals surface area (Å²) in [6.07, 6.45) is 2.88. The summed E-state index contributed by atoms with van der Waals surface area (Å²) < 4.78 is 19.0. The Morgan fingerprint density at radius 1 is 1.53 bits per heavy atom. The Morgan fingerprint density at radius 2 is 2.35 bits per heavy atom. The summed E-state index contributed by atoms with van der Waals surface area (Å²) in [5, 5.41) is 0.768. The molecule has 3 nitrogen and oxygen atoms in total. The fourth-order valence-corrected chi connectivity index (χ4v) is 2.23. The lowest BCUT2D eigenvalue weighted by Crippen LogP contribution is -2.28. The summed E-state index contributed by atoms with van der Waals surface area (Å²) in [4.78, 5) is 0. The van der Waals surface area contributed by atoms with Crippen molar-refractivity contribution in [1.29, 1.82) is 0 Å². The van der Waals surface area contributed by atoms with E-state index in [0.717, 1.165) is 17.6 Å². The molecule has 0 fully saturated rings. The Labute approximate surface area is 104 Å². The van der Waals surface area contributed by atoms with Crippen molar-refractivity contribution in [3.63, 3.8) is 0 Å². The number of nitrogens with two attached hydrogens (primary N) is 1. The number of hydrogen-bond acceptors (Lipinski definition) is 4. The molecule has 1 unspecified atom stereocenters. The van der Waals surface area contributed by atoms with Crippen LogP contribution >= 0.6 is 11.8 Å². The van der Waals surface area contributed by atoms with Gasteiger partial charge in [-0.05, 0) is 30.6 Å². The molecule has 0 aliphatic rings. The Hall–Kier alpha value is -1.04. The topological polar surface area (TPSA) is 51.2 Å². The molecule has 0 aliphatic carbocycles. The lowest BCUT2D eigenvalue weighted by molar-refractivity contribution is 0.423. The van der Waals surface area contributed by atoms with Crippen LogP contribution < -0.4 is 11.3 Å². The molecule has 5 heteroatoms. The van der Waals surface area contributed by atoms with Crippen LogP contribution in [0.2, 0.25) is 0 Å². The van der Waals surface area contributed by atoms with Crippen LogP contribution in [0.3, 0.4) is 0 Å². The van der Waals surface area contributed by atoms with Crippen molar-refractivity contribution in [1.82, 2.24) is 5.43 Å². The van der Waals surface area contributed by atoms with Crippen LogP contribution in [0, 0.1) is 5.82 Å². The third-order valence-electron chi connectivity index (χ3n) is 2.67. The molecule has 2 rings (SSSR count). The number of hydrogen-bond donors (Lipinski definition) is 2. The predicted octanol–water partition coefficient (Wildman–Crippen LogP) is 2.83. The van der Waals surface area contributed by atoms with E-state index in [4.69, 9.17) is 10.3 Å². The highest BCUT2D eigenvalue weighted by Crippen LogP contribution is 2.27. The molecule has 92 valence electrons. The fourth-order valence-electron chi connectivity index (χ4n) is 1.76. The Bertz CT molecular complexity index is 500. The van der Waals surface area contributed by atoms with Gasteiger partial charge in [-0.15, -0.1) is 0 Å². The third-order valence-corrected chi connectivity index (χ3v) is 3.31. The zero-order valence-corrected chi connectivity index (χ0v) is 10.4. The second-order valence-electron chi connectivity index (χ2n) is 3.81. The Kier molecular flexibility index (Phi) is 4.04. The van der Waals surface area contributed by atoms with Crippen LogP contribution in [-0.4, -0.2) is 12.0 Å². The van der Waals surface area contributed by atoms with Gasteiger partial charge in [0.25, 0.3) is 0 Å². The van der Waals surface area contributed by atoms with Crippen LogP contribution in [0.1, 0.15) is 18.2 Å². The molecule has 0 saturated heterocycles. The SMILES string of the molecule is CSCCC(NN)c1cc2cccc(F)c2o1. The summed E-state index contributed by atoms with van der Waals surface area (Å²) >= 11 is 1.74. The van der Waals surface area contributed by atoms with E-state index in [1.54, 1.807) is 17.8 Å². The van der Waals surface area contributed by atoms with E-state index >= 15 is 0 Å². The number of halogens is 1. The molecule has 2 aromatic rings. The summed E-state index contributed by atoms with van der Waals surface area (Å²) in [6, 6.07) is 6.65. The summed E-state index contributed by atoms with van der Waals surface area (Å²) in [5.74, 6) is 6.80. The fraction of sp³-hybridized carbons (Fsp3) is 0.333. The van der Waals surface area contributed by atoms with Crippen molar-refractivity contribution in [2.24, 2.45) is 5.84 Å². The zero-order valence-electron chi connectivity index (χ0n) is 9.57. The maximum atomic E-state index is 13.5. The minimum Gasteiger partial charge on any atom is -0.456 e. The molecule has 0 saturated carbocycles. The van der Waals surface area contributed by atoms with Crippen LogP contribution in [0.4, 0.5) is 4.39 Å². The molecule has 1 atom stereocenters. The van der Waals surface area contributed by atoms with Gasteiger partial charge in [-0.25, -0.2) is 9.82 Å². The van der Waals surface area contributed by atoms with Gasteiger partial charge in [-0.1, -0.05) is 12.1 Å². The second-order valence-corrected chi connectivity index (χ2v) is 4.79. The van der Waals surface area contributed by atoms with Gasteiger partial charge in [0, 0.05) is 5.39 Å². The van der Waals surface area contributed by atoms with Crippen molar-refractivity contribution in [2.45, 2.75) is 12.5 Å². The van der Waals surface area contributed by atoms with E-state index in [2.05, 4.69) is 5.43 Å². The van der Waals surface area contributed by atoms with Gasteiger partial charge in [0.15, 0.2) is 11.4 Å². The molecule has 1 heterocycles. The van der Waals surface area contributed by atoms with Gasteiger partial charge in [-0.2, -0.15) is 11.8 Å². The molecule has 0 radical (unpaired) electrons. The van der Waals surface area contributed by atoms with Gasteiger partial charge in [0.2, 0.25) is 0 Å². The molecule has 0 spiro atoms. The number of rotatable bonds is 5. The highest BCUT2D eigenvalue weighted by molar-refractivity contribution is 7.98. The quantitative estimate of drug-likeness (QED) is 0.636. The summed E-state index contributed by atoms with van der Waals surface area (Å²) in [7, 11) is 0. The number of benzene rings is 1. The maximum Gasteiger partial charge on any atom is 0.169 e. The van der Waals surface area contributed by atoms with E-state index < -0.39 is 0 Å². The van der Waals surface area contributed by atoms with Gasteiger partial charge in [0.05, 0.1) is 6.04 Å². The van der Waals surface area contributed by atoms with E-state index in [9.17, 15) is 4.39 Å². The number of furan rings is 1. The molecule has 1 aromatic heterocycles. The van der Waals surface area contributed by atoms with Crippen molar-refractivity contribution < 1.29 is 8.81 Å². The molecule has 0 amide bonds. The molecule has 0 bridgehead atoms. The molecule has 0 aliphatic heterocycles. The average Bonchev–Trinajstić information content (AvgIpc) is 2.75. The zero-order chi connectivity index (χ0) is 12.3. The van der Waals surface area contributed by atoms with Gasteiger partial charge < -0.3 is 4.42 Å². The number of para-hydroxylation sites is 1.